The lowest BCUT2D eigenvalue weighted by molar-refractivity contribution is 0.167. The summed E-state index contributed by atoms with van der Waals surface area (Å²) in [6.45, 7) is 1.36. The van der Waals surface area contributed by atoms with E-state index < -0.39 is 0 Å². The van der Waals surface area contributed by atoms with Gasteiger partial charge in [0.05, 0.1) is 25.9 Å². The lowest BCUT2D eigenvalue weighted by atomic mass is 10.2. The molecule has 0 aliphatic rings. The van der Waals surface area contributed by atoms with Gasteiger partial charge in [0, 0.05) is 0 Å². The van der Waals surface area contributed by atoms with Crippen LogP contribution in [0.3, 0.4) is 0 Å². The molecule has 3 aromatic rings. The lowest BCUT2D eigenvalue weighted by Crippen LogP contribution is -2.16. The predicted octanol–water partition coefficient (Wildman–Crippen LogP) is 4.64. The van der Waals surface area contributed by atoms with Crippen LogP contribution in [0.25, 0.3) is 0 Å². The van der Waals surface area contributed by atoms with E-state index in [4.69, 9.17) is 9.47 Å². The van der Waals surface area contributed by atoms with Gasteiger partial charge in [-0.25, -0.2) is 0 Å². The Balaban J connectivity index is 1.41. The fourth-order valence-electron chi connectivity index (χ4n) is 2.54. The van der Waals surface area contributed by atoms with E-state index in [0.29, 0.717) is 30.4 Å². The fraction of sp³-hybridized carbons (Fsp3) is 0.182. The Bertz CT molecular complexity index is 697. The number of hydrogen-bond donors (Lipinski definition) is 0. The predicted molar refractivity (Wildman–Crippen MR) is 115 cm³/mol. The molecule has 3 rings (SSSR count). The molecule has 0 bridgehead atoms. The van der Waals surface area contributed by atoms with Crippen LogP contribution in [-0.4, -0.2) is 12.7 Å². The molecule has 0 N–H and O–H groups in total. The lowest BCUT2D eigenvalue weighted by Gasteiger charge is -2.11. The van der Waals surface area contributed by atoms with Crippen LogP contribution in [0.1, 0.15) is 11.1 Å². The smallest absolute Gasteiger partial charge is 0.0721 e. The minimum atomic E-state index is 0.669. The third-order valence-corrected chi connectivity index (χ3v) is 6.46. The molecule has 0 spiro atoms. The summed E-state index contributed by atoms with van der Waals surface area (Å²) >= 11 is 0. The van der Waals surface area contributed by atoms with E-state index in [1.807, 2.05) is 36.4 Å². The molecule has 0 fully saturated rings. The van der Waals surface area contributed by atoms with Gasteiger partial charge >= 0.3 is 0 Å². The van der Waals surface area contributed by atoms with E-state index in [1.165, 1.54) is 21.7 Å². The molecule has 2 atom stereocenters. The average molecular weight is 382 g/mol. The highest BCUT2D eigenvalue weighted by Gasteiger charge is 2.03. The third kappa shape index (κ3) is 6.63. The Morgan fingerprint density at radius 2 is 0.885 bits per heavy atom. The summed E-state index contributed by atoms with van der Waals surface area (Å²) in [5.74, 6) is 0. The molecule has 3 aromatic carbocycles. The van der Waals surface area contributed by atoms with Gasteiger partial charge in [-0.2, -0.15) is 0 Å². The Kier molecular flexibility index (Phi) is 8.29. The maximum atomic E-state index is 5.85. The SMILES string of the molecule is c1ccc(COCPc2ccccc2PCOCc2ccccc2)cc1. The van der Waals surface area contributed by atoms with Crippen LogP contribution in [0.2, 0.25) is 0 Å². The molecule has 2 unspecified atom stereocenters. The van der Waals surface area contributed by atoms with E-state index in [9.17, 15) is 0 Å². The van der Waals surface area contributed by atoms with E-state index in [1.54, 1.807) is 0 Å². The van der Waals surface area contributed by atoms with Gasteiger partial charge in [-0.05, 0) is 21.7 Å². The van der Waals surface area contributed by atoms with E-state index >= 15 is 0 Å². The monoisotopic (exact) mass is 382 g/mol. The summed E-state index contributed by atoms with van der Waals surface area (Å²) in [5, 5.41) is 2.78. The summed E-state index contributed by atoms with van der Waals surface area (Å²) in [5.41, 5.74) is 2.45. The zero-order valence-electron chi connectivity index (χ0n) is 14.7. The molecule has 0 heterocycles. The van der Waals surface area contributed by atoms with Crippen LogP contribution in [0.4, 0.5) is 0 Å². The Morgan fingerprint density at radius 1 is 0.500 bits per heavy atom. The minimum absolute atomic E-state index is 0.669. The van der Waals surface area contributed by atoms with E-state index in [-0.39, 0.29) is 0 Å². The zero-order chi connectivity index (χ0) is 17.9. The summed E-state index contributed by atoms with van der Waals surface area (Å²) in [6.07, 6.45) is 1.53. The molecule has 0 radical (unpaired) electrons. The van der Waals surface area contributed by atoms with Gasteiger partial charge in [0.2, 0.25) is 0 Å². The Morgan fingerprint density at radius 3 is 1.31 bits per heavy atom. The number of rotatable bonds is 10. The van der Waals surface area contributed by atoms with Crippen molar-refractivity contribution in [1.82, 2.24) is 0 Å². The summed E-state index contributed by atoms with van der Waals surface area (Å²) in [4.78, 5) is 0. The van der Waals surface area contributed by atoms with Gasteiger partial charge in [-0.3, -0.25) is 0 Å². The Labute approximate surface area is 159 Å². The highest BCUT2D eigenvalue weighted by molar-refractivity contribution is 7.54. The first-order valence-corrected chi connectivity index (χ1v) is 11.1. The van der Waals surface area contributed by atoms with Crippen molar-refractivity contribution in [2.75, 3.05) is 12.7 Å². The first-order chi connectivity index (χ1) is 12.9. The van der Waals surface area contributed by atoms with Crippen LogP contribution in [0, 0.1) is 0 Å². The largest absolute Gasteiger partial charge is 0.372 e. The summed E-state index contributed by atoms with van der Waals surface area (Å²) < 4.78 is 11.7. The molecule has 26 heavy (non-hydrogen) atoms. The summed E-state index contributed by atoms with van der Waals surface area (Å²) in [7, 11) is 1.34. The molecule has 0 aromatic heterocycles. The standard InChI is InChI=1S/C22H24O2P2/c1-3-9-19(10-4-1)15-23-17-25-21-13-7-8-14-22(21)26-18-24-16-20-11-5-2-6-12-20/h1-14,25-26H,15-18H2. The molecule has 0 amide bonds. The third-order valence-electron chi connectivity index (χ3n) is 3.88. The molecule has 0 saturated heterocycles. The average Bonchev–Trinajstić information content (AvgIpc) is 2.71. The van der Waals surface area contributed by atoms with Crippen molar-refractivity contribution in [3.05, 3.63) is 96.1 Å². The van der Waals surface area contributed by atoms with Gasteiger partial charge < -0.3 is 9.47 Å². The molecule has 4 heteroatoms. The highest BCUT2D eigenvalue weighted by atomic mass is 31.1. The quantitative estimate of drug-likeness (QED) is 0.376. The zero-order valence-corrected chi connectivity index (χ0v) is 16.7. The van der Waals surface area contributed by atoms with Crippen LogP contribution in [0.5, 0.6) is 0 Å². The van der Waals surface area contributed by atoms with Gasteiger partial charge in [0.25, 0.3) is 0 Å². The second-order valence-corrected chi connectivity index (χ2v) is 8.22. The molecule has 0 aliphatic carbocycles. The van der Waals surface area contributed by atoms with Crippen LogP contribution in [0.15, 0.2) is 84.9 Å². The molecule has 134 valence electrons. The van der Waals surface area contributed by atoms with Crippen LogP contribution >= 0.6 is 17.2 Å². The topological polar surface area (TPSA) is 18.5 Å². The number of hydrogen-bond acceptors (Lipinski definition) is 2. The van der Waals surface area contributed by atoms with Crippen molar-refractivity contribution < 1.29 is 9.47 Å². The van der Waals surface area contributed by atoms with Crippen molar-refractivity contribution in [3.8, 4) is 0 Å². The Hall–Kier alpha value is -1.56. The van der Waals surface area contributed by atoms with Gasteiger partial charge in [-0.15, -0.1) is 0 Å². The number of benzene rings is 3. The maximum Gasteiger partial charge on any atom is 0.0721 e. The van der Waals surface area contributed by atoms with Gasteiger partial charge in [-0.1, -0.05) is 102 Å². The molecule has 0 saturated carbocycles. The van der Waals surface area contributed by atoms with E-state index in [2.05, 4.69) is 48.5 Å². The maximum absolute atomic E-state index is 5.85. The second-order valence-electron chi connectivity index (χ2n) is 5.86. The summed E-state index contributed by atoms with van der Waals surface area (Å²) in [6, 6.07) is 29.3. The van der Waals surface area contributed by atoms with Gasteiger partial charge in [0.15, 0.2) is 0 Å². The van der Waals surface area contributed by atoms with Gasteiger partial charge in [0.1, 0.15) is 0 Å². The molecular formula is C22H24O2P2. The first-order valence-electron chi connectivity index (χ1n) is 8.72. The van der Waals surface area contributed by atoms with Crippen molar-refractivity contribution in [2.24, 2.45) is 0 Å². The normalized spacial score (nSPS) is 11.7. The molecular weight excluding hydrogens is 358 g/mol. The van der Waals surface area contributed by atoms with Crippen molar-refractivity contribution >= 4 is 27.8 Å². The van der Waals surface area contributed by atoms with Crippen molar-refractivity contribution in [2.45, 2.75) is 13.2 Å². The number of ether oxygens (including phenoxy) is 2. The molecule has 2 nitrogen and oxygen atoms in total. The first kappa shape index (κ1) is 19.2. The highest BCUT2D eigenvalue weighted by Crippen LogP contribution is 2.17. The van der Waals surface area contributed by atoms with Crippen molar-refractivity contribution in [3.63, 3.8) is 0 Å². The second kappa shape index (κ2) is 11.2. The fourth-order valence-corrected chi connectivity index (χ4v) is 4.76. The molecule has 0 aliphatic heterocycles. The van der Waals surface area contributed by atoms with E-state index in [0.717, 1.165) is 12.7 Å². The minimum Gasteiger partial charge on any atom is -0.372 e. The van der Waals surface area contributed by atoms with Crippen molar-refractivity contribution in [1.29, 1.82) is 0 Å². The van der Waals surface area contributed by atoms with Crippen LogP contribution in [-0.2, 0) is 22.7 Å². The van der Waals surface area contributed by atoms with Crippen LogP contribution < -0.4 is 10.6 Å².